The van der Waals surface area contributed by atoms with Gasteiger partial charge in [-0.3, -0.25) is 14.5 Å². The summed E-state index contributed by atoms with van der Waals surface area (Å²) in [6.07, 6.45) is 0. The SMILES string of the molecule is CCN1C(=O)CS/C1=N/NC(=O)c1cc(-c2ccc(F)cc2F)ccc1O. The Morgan fingerprint density at radius 2 is 2.07 bits per heavy atom. The van der Waals surface area contributed by atoms with Gasteiger partial charge in [0, 0.05) is 18.2 Å². The van der Waals surface area contributed by atoms with Gasteiger partial charge < -0.3 is 5.11 Å². The lowest BCUT2D eigenvalue weighted by atomic mass is 10.0. The lowest BCUT2D eigenvalue weighted by Gasteiger charge is -2.12. The van der Waals surface area contributed by atoms with Crippen molar-refractivity contribution < 1.29 is 23.5 Å². The smallest absolute Gasteiger partial charge is 0.275 e. The topological polar surface area (TPSA) is 82.0 Å². The highest BCUT2D eigenvalue weighted by Crippen LogP contribution is 2.28. The van der Waals surface area contributed by atoms with Crippen LogP contribution in [0.4, 0.5) is 8.78 Å². The summed E-state index contributed by atoms with van der Waals surface area (Å²) in [6.45, 7) is 2.21. The van der Waals surface area contributed by atoms with Gasteiger partial charge in [-0.05, 0) is 36.8 Å². The molecular weight excluding hydrogens is 376 g/mol. The van der Waals surface area contributed by atoms with Gasteiger partial charge in [-0.1, -0.05) is 17.8 Å². The number of nitrogens with zero attached hydrogens (tertiary/aromatic N) is 2. The van der Waals surface area contributed by atoms with Crippen molar-refractivity contribution in [1.29, 1.82) is 0 Å². The summed E-state index contributed by atoms with van der Waals surface area (Å²) in [4.78, 5) is 25.5. The molecule has 1 saturated heterocycles. The summed E-state index contributed by atoms with van der Waals surface area (Å²) in [5.74, 6) is -2.40. The number of rotatable bonds is 4. The number of nitrogens with one attached hydrogen (secondary N) is 1. The van der Waals surface area contributed by atoms with Crippen molar-refractivity contribution in [3.05, 3.63) is 53.6 Å². The minimum Gasteiger partial charge on any atom is -0.507 e. The molecule has 0 saturated carbocycles. The van der Waals surface area contributed by atoms with Gasteiger partial charge in [0.25, 0.3) is 5.91 Å². The zero-order chi connectivity index (χ0) is 19.6. The largest absolute Gasteiger partial charge is 0.507 e. The summed E-state index contributed by atoms with van der Waals surface area (Å²) >= 11 is 1.19. The van der Waals surface area contributed by atoms with Crippen LogP contribution in [0.5, 0.6) is 5.75 Å². The molecule has 9 heteroatoms. The maximum Gasteiger partial charge on any atom is 0.275 e. The highest BCUT2D eigenvalue weighted by molar-refractivity contribution is 8.15. The maximum atomic E-state index is 14.0. The number of hydrogen-bond acceptors (Lipinski definition) is 5. The standard InChI is InChI=1S/C18H15F2N3O3S/c1-2-23-16(25)9-27-18(23)22-21-17(26)13-7-10(3-6-15(13)24)12-5-4-11(19)8-14(12)20/h3-8,24H,2,9H2,1H3,(H,21,26)/b22-18+. The number of aromatic hydroxyl groups is 1. The molecule has 1 aliphatic rings. The van der Waals surface area contributed by atoms with Crippen molar-refractivity contribution in [2.24, 2.45) is 5.10 Å². The Balaban J connectivity index is 1.86. The number of phenolic OH excluding ortho intramolecular Hbond substituents is 1. The Morgan fingerprint density at radius 1 is 1.30 bits per heavy atom. The fourth-order valence-corrected chi connectivity index (χ4v) is 3.47. The van der Waals surface area contributed by atoms with Gasteiger partial charge in [0.05, 0.1) is 11.3 Å². The van der Waals surface area contributed by atoms with Gasteiger partial charge in [0.15, 0.2) is 5.17 Å². The third kappa shape index (κ3) is 3.92. The van der Waals surface area contributed by atoms with E-state index >= 15 is 0 Å². The van der Waals surface area contributed by atoms with Crippen LogP contribution < -0.4 is 5.43 Å². The average Bonchev–Trinajstić information content (AvgIpc) is 3.00. The van der Waals surface area contributed by atoms with E-state index in [0.29, 0.717) is 17.3 Å². The molecule has 0 unspecified atom stereocenters. The van der Waals surface area contributed by atoms with Crippen LogP contribution in [0, 0.1) is 11.6 Å². The van der Waals surface area contributed by atoms with E-state index in [1.165, 1.54) is 40.9 Å². The molecule has 0 atom stereocenters. The zero-order valence-corrected chi connectivity index (χ0v) is 15.0. The van der Waals surface area contributed by atoms with Crippen molar-refractivity contribution in [1.82, 2.24) is 10.3 Å². The Morgan fingerprint density at radius 3 is 2.78 bits per heavy atom. The van der Waals surface area contributed by atoms with Gasteiger partial charge >= 0.3 is 0 Å². The normalized spacial score (nSPS) is 15.4. The van der Waals surface area contributed by atoms with Crippen LogP contribution in [0.2, 0.25) is 0 Å². The molecule has 6 nitrogen and oxygen atoms in total. The molecule has 0 aliphatic carbocycles. The molecule has 2 aromatic carbocycles. The number of benzene rings is 2. The number of carbonyl (C=O) groups excluding carboxylic acids is 2. The first-order valence-electron chi connectivity index (χ1n) is 8.00. The van der Waals surface area contributed by atoms with Gasteiger partial charge in [-0.25, -0.2) is 14.2 Å². The van der Waals surface area contributed by atoms with E-state index in [9.17, 15) is 23.5 Å². The molecule has 2 aromatic rings. The second-order valence-electron chi connectivity index (χ2n) is 5.62. The molecule has 0 bridgehead atoms. The fraction of sp³-hybridized carbons (Fsp3) is 0.167. The van der Waals surface area contributed by atoms with Gasteiger partial charge in [0.2, 0.25) is 5.91 Å². The number of amides is 2. The maximum absolute atomic E-state index is 14.0. The number of halogens is 2. The first-order valence-corrected chi connectivity index (χ1v) is 8.99. The van der Waals surface area contributed by atoms with Gasteiger partial charge in [0.1, 0.15) is 17.4 Å². The highest BCUT2D eigenvalue weighted by Gasteiger charge is 2.27. The molecule has 140 valence electrons. The molecule has 0 spiro atoms. The second kappa shape index (κ2) is 7.75. The van der Waals surface area contributed by atoms with E-state index in [2.05, 4.69) is 10.5 Å². The van der Waals surface area contributed by atoms with Gasteiger partial charge in [-0.15, -0.1) is 5.10 Å². The Hall–Kier alpha value is -2.94. The van der Waals surface area contributed by atoms with Crippen LogP contribution in [-0.2, 0) is 4.79 Å². The van der Waals surface area contributed by atoms with Crippen LogP contribution in [-0.4, -0.2) is 39.3 Å². The lowest BCUT2D eigenvalue weighted by Crippen LogP contribution is -2.31. The quantitative estimate of drug-likeness (QED) is 0.786. The fourth-order valence-electron chi connectivity index (χ4n) is 2.56. The number of amidine groups is 1. The Bertz CT molecular complexity index is 949. The average molecular weight is 391 g/mol. The third-order valence-corrected chi connectivity index (χ3v) is 4.87. The summed E-state index contributed by atoms with van der Waals surface area (Å²) in [5, 5.41) is 14.2. The van der Waals surface area contributed by atoms with E-state index in [4.69, 9.17) is 0 Å². The number of hydrazone groups is 1. The first-order chi connectivity index (χ1) is 12.9. The number of carbonyl (C=O) groups is 2. The van der Waals surface area contributed by atoms with Gasteiger partial charge in [-0.2, -0.15) is 0 Å². The molecule has 27 heavy (non-hydrogen) atoms. The van der Waals surface area contributed by atoms with Crippen molar-refractivity contribution >= 4 is 28.7 Å². The summed E-state index contributed by atoms with van der Waals surface area (Å²) < 4.78 is 27.1. The molecule has 0 radical (unpaired) electrons. The number of phenols is 1. The molecule has 2 amide bonds. The molecule has 0 aromatic heterocycles. The van der Waals surface area contributed by atoms with E-state index in [-0.39, 0.29) is 28.5 Å². The van der Waals surface area contributed by atoms with Crippen LogP contribution in [0.25, 0.3) is 11.1 Å². The Labute approximate surface area is 157 Å². The van der Waals surface area contributed by atoms with Crippen LogP contribution >= 0.6 is 11.8 Å². The van der Waals surface area contributed by atoms with Crippen LogP contribution in [0.3, 0.4) is 0 Å². The zero-order valence-electron chi connectivity index (χ0n) is 14.2. The monoisotopic (exact) mass is 391 g/mol. The molecular formula is C18H15F2N3O3S. The molecule has 1 aliphatic heterocycles. The van der Waals surface area contributed by atoms with E-state index in [1.54, 1.807) is 6.92 Å². The van der Waals surface area contributed by atoms with Crippen LogP contribution in [0.15, 0.2) is 41.5 Å². The lowest BCUT2D eigenvalue weighted by molar-refractivity contribution is -0.123. The van der Waals surface area contributed by atoms with Crippen molar-refractivity contribution in [3.63, 3.8) is 0 Å². The van der Waals surface area contributed by atoms with Crippen LogP contribution in [0.1, 0.15) is 17.3 Å². The summed E-state index contributed by atoms with van der Waals surface area (Å²) in [7, 11) is 0. The highest BCUT2D eigenvalue weighted by atomic mass is 32.2. The molecule has 1 fully saturated rings. The number of hydrogen-bond donors (Lipinski definition) is 2. The molecule has 1 heterocycles. The van der Waals surface area contributed by atoms with Crippen molar-refractivity contribution in [2.75, 3.05) is 12.3 Å². The predicted molar refractivity (Wildman–Crippen MR) is 98.2 cm³/mol. The minimum atomic E-state index is -0.785. The summed E-state index contributed by atoms with van der Waals surface area (Å²) in [5.41, 5.74) is 2.55. The van der Waals surface area contributed by atoms with Crippen molar-refractivity contribution in [3.8, 4) is 16.9 Å². The second-order valence-corrected chi connectivity index (χ2v) is 6.56. The van der Waals surface area contributed by atoms with E-state index in [1.807, 2.05) is 0 Å². The molecule has 3 rings (SSSR count). The third-order valence-electron chi connectivity index (χ3n) is 3.91. The molecule has 2 N–H and O–H groups in total. The van der Waals surface area contributed by atoms with E-state index < -0.39 is 17.5 Å². The number of thioether (sulfide) groups is 1. The first kappa shape index (κ1) is 18.8. The van der Waals surface area contributed by atoms with Crippen molar-refractivity contribution in [2.45, 2.75) is 6.92 Å². The minimum absolute atomic E-state index is 0.0888. The Kier molecular flexibility index (Phi) is 5.41. The predicted octanol–water partition coefficient (Wildman–Crippen LogP) is 2.93. The summed E-state index contributed by atoms with van der Waals surface area (Å²) in [6, 6.07) is 7.03. The van der Waals surface area contributed by atoms with E-state index in [0.717, 1.165) is 12.1 Å².